The van der Waals surface area contributed by atoms with E-state index < -0.39 is 0 Å². The summed E-state index contributed by atoms with van der Waals surface area (Å²) in [5.74, 6) is 0. The maximum absolute atomic E-state index is 10.6. The van der Waals surface area contributed by atoms with Crippen LogP contribution in [0.4, 0.5) is 0 Å². The average molecular weight is 210 g/mol. The zero-order valence-corrected chi connectivity index (χ0v) is 9.61. The molecule has 14 heavy (non-hydrogen) atoms. The van der Waals surface area contributed by atoms with E-state index in [-0.39, 0.29) is 0 Å². The van der Waals surface area contributed by atoms with E-state index in [4.69, 9.17) is 0 Å². The Kier molecular flexibility index (Phi) is 5.53. The van der Waals surface area contributed by atoms with Crippen molar-refractivity contribution in [2.75, 3.05) is 0 Å². The van der Waals surface area contributed by atoms with Crippen molar-refractivity contribution in [3.8, 4) is 0 Å². The van der Waals surface area contributed by atoms with Gasteiger partial charge < -0.3 is 0 Å². The number of unbranched alkanes of at least 4 members (excludes halogenated alkanes) is 4. The molecule has 0 N–H and O–H groups in total. The molecule has 0 aliphatic heterocycles. The minimum absolute atomic E-state index is 0.917. The molecule has 0 spiro atoms. The van der Waals surface area contributed by atoms with Crippen molar-refractivity contribution in [3.63, 3.8) is 0 Å². The van der Waals surface area contributed by atoms with Crippen LogP contribution >= 0.6 is 11.3 Å². The maximum Gasteiger partial charge on any atom is 0.160 e. The van der Waals surface area contributed by atoms with Crippen LogP contribution in [0.3, 0.4) is 0 Å². The van der Waals surface area contributed by atoms with Gasteiger partial charge in [0.2, 0.25) is 0 Å². The third-order valence-corrected chi connectivity index (χ3v) is 3.32. The summed E-state index contributed by atoms with van der Waals surface area (Å²) in [4.78, 5) is 11.6. The Balaban J connectivity index is 2.21. The lowest BCUT2D eigenvalue weighted by molar-refractivity contribution is 0.112. The van der Waals surface area contributed by atoms with Gasteiger partial charge >= 0.3 is 0 Å². The summed E-state index contributed by atoms with van der Waals surface area (Å²) in [5.41, 5.74) is 1.24. The Hall–Kier alpha value is -0.630. The zero-order chi connectivity index (χ0) is 10.2. The van der Waals surface area contributed by atoms with Gasteiger partial charge in [-0.3, -0.25) is 4.79 Å². The second-order valence-electron chi connectivity index (χ2n) is 3.59. The molecule has 1 aromatic rings. The van der Waals surface area contributed by atoms with E-state index in [1.165, 1.54) is 37.7 Å². The average Bonchev–Trinajstić information content (AvgIpc) is 2.65. The lowest BCUT2D eigenvalue weighted by Crippen LogP contribution is -1.87. The second-order valence-corrected chi connectivity index (χ2v) is 4.54. The smallest absolute Gasteiger partial charge is 0.160 e. The summed E-state index contributed by atoms with van der Waals surface area (Å²) in [6, 6.07) is 2.08. The molecule has 1 rings (SSSR count). The molecule has 0 amide bonds. The molecule has 1 heterocycles. The van der Waals surface area contributed by atoms with Crippen molar-refractivity contribution in [2.45, 2.75) is 45.4 Å². The van der Waals surface area contributed by atoms with Crippen molar-refractivity contribution in [3.05, 3.63) is 21.9 Å². The highest BCUT2D eigenvalue weighted by molar-refractivity contribution is 7.11. The van der Waals surface area contributed by atoms with Crippen LogP contribution in [0.2, 0.25) is 0 Å². The molecular weight excluding hydrogens is 192 g/mol. The normalized spacial score (nSPS) is 10.4. The first-order chi connectivity index (χ1) is 6.88. The van der Waals surface area contributed by atoms with E-state index >= 15 is 0 Å². The molecule has 0 saturated heterocycles. The van der Waals surface area contributed by atoms with Crippen molar-refractivity contribution < 1.29 is 4.79 Å². The third kappa shape index (κ3) is 3.62. The monoisotopic (exact) mass is 210 g/mol. The van der Waals surface area contributed by atoms with Gasteiger partial charge in [-0.1, -0.05) is 32.6 Å². The van der Waals surface area contributed by atoms with E-state index in [0.29, 0.717) is 0 Å². The van der Waals surface area contributed by atoms with Crippen LogP contribution in [-0.4, -0.2) is 6.29 Å². The van der Waals surface area contributed by atoms with E-state index in [9.17, 15) is 4.79 Å². The van der Waals surface area contributed by atoms with Crippen LogP contribution in [-0.2, 0) is 6.42 Å². The van der Waals surface area contributed by atoms with Gasteiger partial charge in [0.1, 0.15) is 0 Å². The highest BCUT2D eigenvalue weighted by Gasteiger charge is 2.01. The van der Waals surface area contributed by atoms with Crippen LogP contribution < -0.4 is 0 Å². The Morgan fingerprint density at radius 3 is 2.79 bits per heavy atom. The first kappa shape index (κ1) is 11.4. The van der Waals surface area contributed by atoms with E-state index in [1.807, 2.05) is 5.38 Å². The van der Waals surface area contributed by atoms with Gasteiger partial charge in [0.25, 0.3) is 0 Å². The molecule has 0 unspecified atom stereocenters. The number of thiophene rings is 1. The second kappa shape index (κ2) is 6.77. The molecule has 0 radical (unpaired) electrons. The van der Waals surface area contributed by atoms with Crippen molar-refractivity contribution in [1.29, 1.82) is 0 Å². The quantitative estimate of drug-likeness (QED) is 0.489. The van der Waals surface area contributed by atoms with Crippen LogP contribution in [0.25, 0.3) is 0 Å². The lowest BCUT2D eigenvalue weighted by atomic mass is 10.1. The number of hydrogen-bond acceptors (Lipinski definition) is 2. The third-order valence-electron chi connectivity index (χ3n) is 2.44. The predicted octanol–water partition coefficient (Wildman–Crippen LogP) is 4.07. The number of carbonyl (C=O) groups excluding carboxylic acids is 1. The molecule has 2 heteroatoms. The minimum atomic E-state index is 0.917. The van der Waals surface area contributed by atoms with Crippen molar-refractivity contribution >= 4 is 17.6 Å². The molecule has 0 aliphatic rings. The van der Waals surface area contributed by atoms with Crippen LogP contribution in [0.1, 0.15) is 54.3 Å². The van der Waals surface area contributed by atoms with Gasteiger partial charge in [0, 0.05) is 0 Å². The topological polar surface area (TPSA) is 17.1 Å². The largest absolute Gasteiger partial charge is 0.297 e. The summed E-state index contributed by atoms with van der Waals surface area (Å²) in [6.07, 6.45) is 8.52. The Morgan fingerprint density at radius 2 is 2.07 bits per heavy atom. The highest BCUT2D eigenvalue weighted by atomic mass is 32.1. The number of carbonyl (C=O) groups is 1. The maximum atomic E-state index is 10.6. The Bertz CT molecular complexity index is 265. The summed E-state index contributed by atoms with van der Waals surface area (Å²) >= 11 is 1.55. The van der Waals surface area contributed by atoms with Gasteiger partial charge in [0.15, 0.2) is 6.29 Å². The molecule has 0 fully saturated rings. The number of aryl methyl sites for hydroxylation is 1. The minimum Gasteiger partial charge on any atom is -0.297 e. The van der Waals surface area contributed by atoms with E-state index in [1.54, 1.807) is 11.3 Å². The summed E-state index contributed by atoms with van der Waals surface area (Å²) < 4.78 is 0. The molecule has 78 valence electrons. The van der Waals surface area contributed by atoms with E-state index in [2.05, 4.69) is 13.0 Å². The zero-order valence-electron chi connectivity index (χ0n) is 8.79. The standard InChI is InChI=1S/C12H18OS/c1-2-3-4-5-6-7-11-8-9-14-12(11)10-13/h8-10H,2-7H2,1H3. The van der Waals surface area contributed by atoms with Gasteiger partial charge in [-0.2, -0.15) is 0 Å². The molecular formula is C12H18OS. The first-order valence-electron chi connectivity index (χ1n) is 5.40. The molecule has 1 aromatic heterocycles. The van der Waals surface area contributed by atoms with Crippen LogP contribution in [0.5, 0.6) is 0 Å². The summed E-state index contributed by atoms with van der Waals surface area (Å²) in [5, 5.41) is 2.01. The highest BCUT2D eigenvalue weighted by Crippen LogP contribution is 2.17. The molecule has 0 saturated carbocycles. The van der Waals surface area contributed by atoms with Crippen molar-refractivity contribution in [1.82, 2.24) is 0 Å². The van der Waals surface area contributed by atoms with E-state index in [0.717, 1.165) is 17.6 Å². The Morgan fingerprint density at radius 1 is 1.29 bits per heavy atom. The van der Waals surface area contributed by atoms with Gasteiger partial charge in [-0.15, -0.1) is 11.3 Å². The summed E-state index contributed by atoms with van der Waals surface area (Å²) in [6.45, 7) is 2.23. The predicted molar refractivity (Wildman–Crippen MR) is 62.2 cm³/mol. The molecule has 0 bridgehead atoms. The fraction of sp³-hybridized carbons (Fsp3) is 0.583. The summed E-state index contributed by atoms with van der Waals surface area (Å²) in [7, 11) is 0. The van der Waals surface area contributed by atoms with Gasteiger partial charge in [-0.05, 0) is 29.9 Å². The first-order valence-corrected chi connectivity index (χ1v) is 6.28. The van der Waals surface area contributed by atoms with Gasteiger partial charge in [-0.25, -0.2) is 0 Å². The molecule has 0 aromatic carbocycles. The lowest BCUT2D eigenvalue weighted by Gasteiger charge is -1.99. The van der Waals surface area contributed by atoms with Crippen molar-refractivity contribution in [2.24, 2.45) is 0 Å². The number of aldehydes is 1. The fourth-order valence-electron chi connectivity index (χ4n) is 1.58. The van der Waals surface area contributed by atoms with Gasteiger partial charge in [0.05, 0.1) is 4.88 Å². The number of hydrogen-bond donors (Lipinski definition) is 0. The Labute approximate surface area is 90.2 Å². The van der Waals surface area contributed by atoms with Crippen LogP contribution in [0, 0.1) is 0 Å². The fourth-order valence-corrected chi connectivity index (χ4v) is 2.33. The number of rotatable bonds is 7. The molecule has 1 nitrogen and oxygen atoms in total. The SMILES string of the molecule is CCCCCCCc1ccsc1C=O. The van der Waals surface area contributed by atoms with Crippen LogP contribution in [0.15, 0.2) is 11.4 Å². The molecule has 0 atom stereocenters. The molecule has 0 aliphatic carbocycles.